The molecule has 1 heterocycles. The van der Waals surface area contributed by atoms with E-state index in [1.165, 1.54) is 0 Å². The van der Waals surface area contributed by atoms with Crippen LogP contribution in [-0.2, 0) is 6.42 Å². The summed E-state index contributed by atoms with van der Waals surface area (Å²) in [5.41, 5.74) is 3.70. The molecule has 0 aliphatic rings. The van der Waals surface area contributed by atoms with E-state index in [1.54, 1.807) is 6.20 Å². The van der Waals surface area contributed by atoms with Gasteiger partial charge in [-0.05, 0) is 29.7 Å². The molecule has 28 heavy (non-hydrogen) atoms. The van der Waals surface area contributed by atoms with E-state index in [2.05, 4.69) is 10.3 Å². The van der Waals surface area contributed by atoms with Crippen molar-refractivity contribution >= 4 is 28.3 Å². The fourth-order valence-electron chi connectivity index (χ4n) is 3.49. The molecule has 0 fully saturated rings. The van der Waals surface area contributed by atoms with Gasteiger partial charge in [-0.15, -0.1) is 0 Å². The van der Waals surface area contributed by atoms with Crippen LogP contribution < -0.4 is 5.32 Å². The largest absolute Gasteiger partial charge is 0.360 e. The first-order valence-electron chi connectivity index (χ1n) is 9.36. The summed E-state index contributed by atoms with van der Waals surface area (Å²) < 4.78 is 0. The standard InChI is InChI=1S/C24H21ClN2O/c25-21-12-6-4-8-17(21)14-15-26-23(18-9-2-1-3-10-18)24(28)20-16-27-22-13-7-5-11-19(20)22/h1-13,16,23,26-27H,14-15H2/t23-/m0/s1. The Morgan fingerprint density at radius 2 is 1.64 bits per heavy atom. The summed E-state index contributed by atoms with van der Waals surface area (Å²) in [6.45, 7) is 0.650. The Morgan fingerprint density at radius 1 is 0.929 bits per heavy atom. The fraction of sp³-hybridized carbons (Fsp3) is 0.125. The zero-order valence-electron chi connectivity index (χ0n) is 15.4. The number of Topliss-reactive ketones (excluding diaryl/α,β-unsaturated/α-hetero) is 1. The average Bonchev–Trinajstić information content (AvgIpc) is 3.17. The number of hydrogen-bond donors (Lipinski definition) is 2. The quantitative estimate of drug-likeness (QED) is 0.406. The minimum Gasteiger partial charge on any atom is -0.360 e. The van der Waals surface area contributed by atoms with Crippen molar-refractivity contribution < 1.29 is 4.79 Å². The Hall–Kier alpha value is -2.88. The molecule has 0 spiro atoms. The topological polar surface area (TPSA) is 44.9 Å². The van der Waals surface area contributed by atoms with Crippen molar-refractivity contribution in [3.8, 4) is 0 Å². The van der Waals surface area contributed by atoms with Gasteiger partial charge in [-0.25, -0.2) is 0 Å². The van der Waals surface area contributed by atoms with Crippen LogP contribution >= 0.6 is 11.6 Å². The third-order valence-electron chi connectivity index (χ3n) is 4.95. The smallest absolute Gasteiger partial charge is 0.186 e. The van der Waals surface area contributed by atoms with Gasteiger partial charge in [0.25, 0.3) is 0 Å². The number of fused-ring (bicyclic) bond motifs is 1. The SMILES string of the molecule is O=C(c1c[nH]c2ccccc12)[C@@H](NCCc1ccccc1Cl)c1ccccc1. The lowest BCUT2D eigenvalue weighted by molar-refractivity contribution is 0.0945. The molecule has 0 saturated heterocycles. The molecule has 4 rings (SSSR count). The molecular formula is C24H21ClN2O. The van der Waals surface area contributed by atoms with Crippen molar-refractivity contribution in [2.24, 2.45) is 0 Å². The zero-order chi connectivity index (χ0) is 19.3. The lowest BCUT2D eigenvalue weighted by Crippen LogP contribution is -2.30. The van der Waals surface area contributed by atoms with Gasteiger partial charge in [0.15, 0.2) is 5.78 Å². The second-order valence-corrected chi connectivity index (χ2v) is 7.16. The van der Waals surface area contributed by atoms with Gasteiger partial charge < -0.3 is 10.3 Å². The van der Waals surface area contributed by atoms with Gasteiger partial charge in [-0.3, -0.25) is 4.79 Å². The van der Waals surface area contributed by atoms with Crippen LogP contribution in [0.4, 0.5) is 0 Å². The molecule has 0 radical (unpaired) electrons. The predicted octanol–water partition coefficient (Wildman–Crippen LogP) is 5.58. The monoisotopic (exact) mass is 388 g/mol. The van der Waals surface area contributed by atoms with Crippen molar-refractivity contribution in [3.05, 3.63) is 107 Å². The summed E-state index contributed by atoms with van der Waals surface area (Å²) in [6, 6.07) is 25.1. The number of H-pyrrole nitrogens is 1. The van der Waals surface area contributed by atoms with Crippen molar-refractivity contribution in [3.63, 3.8) is 0 Å². The van der Waals surface area contributed by atoms with E-state index in [-0.39, 0.29) is 5.78 Å². The molecule has 0 bridgehead atoms. The maximum Gasteiger partial charge on any atom is 0.186 e. The van der Waals surface area contributed by atoms with Crippen LogP contribution in [0.5, 0.6) is 0 Å². The zero-order valence-corrected chi connectivity index (χ0v) is 16.1. The van der Waals surface area contributed by atoms with Crippen molar-refractivity contribution in [1.29, 1.82) is 0 Å². The van der Waals surface area contributed by atoms with Crippen molar-refractivity contribution in [1.82, 2.24) is 10.3 Å². The number of aromatic nitrogens is 1. The highest BCUT2D eigenvalue weighted by Gasteiger charge is 2.23. The lowest BCUT2D eigenvalue weighted by Gasteiger charge is -2.18. The number of hydrogen-bond acceptors (Lipinski definition) is 2. The molecule has 0 unspecified atom stereocenters. The number of carbonyl (C=O) groups excluding carboxylic acids is 1. The maximum absolute atomic E-state index is 13.4. The van der Waals surface area contributed by atoms with Crippen LogP contribution in [-0.4, -0.2) is 17.3 Å². The molecule has 4 aromatic rings. The number of aromatic amines is 1. The van der Waals surface area contributed by atoms with Crippen LogP contribution in [0.3, 0.4) is 0 Å². The van der Waals surface area contributed by atoms with E-state index in [1.807, 2.05) is 78.9 Å². The third-order valence-corrected chi connectivity index (χ3v) is 5.32. The first kappa shape index (κ1) is 18.5. The van der Waals surface area contributed by atoms with E-state index in [0.717, 1.165) is 33.5 Å². The van der Waals surface area contributed by atoms with E-state index in [0.29, 0.717) is 12.1 Å². The summed E-state index contributed by atoms with van der Waals surface area (Å²) in [7, 11) is 0. The Morgan fingerprint density at radius 3 is 2.46 bits per heavy atom. The molecule has 1 aromatic heterocycles. The van der Waals surface area contributed by atoms with E-state index < -0.39 is 6.04 Å². The first-order chi connectivity index (χ1) is 13.7. The van der Waals surface area contributed by atoms with Crippen LogP contribution in [0, 0.1) is 0 Å². The number of halogens is 1. The van der Waals surface area contributed by atoms with E-state index >= 15 is 0 Å². The van der Waals surface area contributed by atoms with Crippen LogP contribution in [0.25, 0.3) is 10.9 Å². The van der Waals surface area contributed by atoms with Crippen LogP contribution in [0.2, 0.25) is 5.02 Å². The fourth-order valence-corrected chi connectivity index (χ4v) is 3.72. The number of para-hydroxylation sites is 1. The average molecular weight is 389 g/mol. The molecule has 3 aromatic carbocycles. The van der Waals surface area contributed by atoms with Crippen LogP contribution in [0.1, 0.15) is 27.5 Å². The molecular weight excluding hydrogens is 368 g/mol. The molecule has 0 amide bonds. The molecule has 0 aliphatic carbocycles. The lowest BCUT2D eigenvalue weighted by atomic mass is 9.96. The minimum atomic E-state index is -0.414. The Labute approximate surface area is 169 Å². The van der Waals surface area contributed by atoms with Gasteiger partial charge in [-0.2, -0.15) is 0 Å². The van der Waals surface area contributed by atoms with Gasteiger partial charge in [0.1, 0.15) is 0 Å². The van der Waals surface area contributed by atoms with Gasteiger partial charge in [0.2, 0.25) is 0 Å². The summed E-state index contributed by atoms with van der Waals surface area (Å²) in [6.07, 6.45) is 2.56. The molecule has 4 heteroatoms. The second-order valence-electron chi connectivity index (χ2n) is 6.75. The summed E-state index contributed by atoms with van der Waals surface area (Å²) in [5.74, 6) is 0.0582. The maximum atomic E-state index is 13.4. The summed E-state index contributed by atoms with van der Waals surface area (Å²) in [4.78, 5) is 16.6. The second kappa shape index (κ2) is 8.42. The normalized spacial score (nSPS) is 12.2. The number of carbonyl (C=O) groups is 1. The third kappa shape index (κ3) is 3.86. The predicted molar refractivity (Wildman–Crippen MR) is 115 cm³/mol. The number of benzene rings is 3. The van der Waals surface area contributed by atoms with Crippen molar-refractivity contribution in [2.75, 3.05) is 6.54 Å². The Bertz CT molecular complexity index is 1090. The minimum absolute atomic E-state index is 0.0582. The van der Waals surface area contributed by atoms with E-state index in [9.17, 15) is 4.79 Å². The highest BCUT2D eigenvalue weighted by Crippen LogP contribution is 2.25. The van der Waals surface area contributed by atoms with Gasteiger partial charge in [0, 0.05) is 34.2 Å². The van der Waals surface area contributed by atoms with Crippen LogP contribution in [0.15, 0.2) is 85.1 Å². The molecule has 0 saturated carbocycles. The molecule has 140 valence electrons. The number of rotatable bonds is 7. The highest BCUT2D eigenvalue weighted by atomic mass is 35.5. The molecule has 1 atom stereocenters. The Balaban J connectivity index is 1.59. The van der Waals surface area contributed by atoms with Crippen molar-refractivity contribution in [2.45, 2.75) is 12.5 Å². The van der Waals surface area contributed by atoms with Gasteiger partial charge >= 0.3 is 0 Å². The molecule has 2 N–H and O–H groups in total. The highest BCUT2D eigenvalue weighted by molar-refractivity contribution is 6.31. The first-order valence-corrected chi connectivity index (χ1v) is 9.74. The molecule has 3 nitrogen and oxygen atoms in total. The summed E-state index contributed by atoms with van der Waals surface area (Å²) in [5, 5.41) is 5.14. The van der Waals surface area contributed by atoms with Gasteiger partial charge in [0.05, 0.1) is 6.04 Å². The molecule has 0 aliphatic heterocycles. The van der Waals surface area contributed by atoms with Gasteiger partial charge in [-0.1, -0.05) is 78.3 Å². The van der Waals surface area contributed by atoms with E-state index in [4.69, 9.17) is 11.6 Å². The number of ketones is 1. The Kier molecular flexibility index (Phi) is 5.56. The summed E-state index contributed by atoms with van der Waals surface area (Å²) >= 11 is 6.27. The number of nitrogens with one attached hydrogen (secondary N) is 2.